The molecule has 0 spiro atoms. The number of amides is 1. The van der Waals surface area contributed by atoms with E-state index in [2.05, 4.69) is 10.6 Å². The zero-order valence-corrected chi connectivity index (χ0v) is 15.7. The lowest BCUT2D eigenvalue weighted by atomic mass is 10.0. The molecule has 0 aliphatic carbocycles. The van der Waals surface area contributed by atoms with Crippen LogP contribution in [0.5, 0.6) is 5.75 Å². The average molecular weight is 382 g/mol. The van der Waals surface area contributed by atoms with Gasteiger partial charge in [-0.15, -0.1) is 0 Å². The summed E-state index contributed by atoms with van der Waals surface area (Å²) in [6, 6.07) is 14.7. The van der Waals surface area contributed by atoms with Crippen LogP contribution in [0.15, 0.2) is 52.9 Å². The third-order valence-corrected chi connectivity index (χ3v) is 5.03. The molecule has 1 saturated heterocycles. The Bertz CT molecular complexity index is 971. The number of hydrogen-bond donors (Lipinski definition) is 2. The van der Waals surface area contributed by atoms with Crippen LogP contribution in [0.4, 0.5) is 4.39 Å². The van der Waals surface area contributed by atoms with E-state index in [1.54, 1.807) is 19.1 Å². The summed E-state index contributed by atoms with van der Waals surface area (Å²) in [5, 5.41) is 6.58. The molecule has 1 amide bonds. The SMILES string of the molecule is Cc1oc2ccc(OCc3ccccc3)cc2c1C(=O)NC1CNCCC1F. The highest BCUT2D eigenvalue weighted by Gasteiger charge is 2.28. The molecule has 5 nitrogen and oxygen atoms in total. The zero-order chi connectivity index (χ0) is 19.5. The molecule has 146 valence electrons. The lowest BCUT2D eigenvalue weighted by Gasteiger charge is -2.27. The largest absolute Gasteiger partial charge is 0.489 e. The van der Waals surface area contributed by atoms with Crippen LogP contribution < -0.4 is 15.4 Å². The predicted molar refractivity (Wildman–Crippen MR) is 105 cm³/mol. The Morgan fingerprint density at radius 1 is 1.29 bits per heavy atom. The number of piperidine rings is 1. The number of carbonyl (C=O) groups is 1. The number of nitrogens with one attached hydrogen (secondary N) is 2. The van der Waals surface area contributed by atoms with Gasteiger partial charge in [0.15, 0.2) is 0 Å². The maximum absolute atomic E-state index is 14.1. The third-order valence-electron chi connectivity index (χ3n) is 5.03. The van der Waals surface area contributed by atoms with E-state index >= 15 is 0 Å². The highest BCUT2D eigenvalue weighted by atomic mass is 19.1. The first-order valence-electron chi connectivity index (χ1n) is 9.47. The Kier molecular flexibility index (Phi) is 5.30. The van der Waals surface area contributed by atoms with Gasteiger partial charge in [-0.2, -0.15) is 0 Å². The summed E-state index contributed by atoms with van der Waals surface area (Å²) >= 11 is 0. The average Bonchev–Trinajstić information content (AvgIpc) is 3.04. The van der Waals surface area contributed by atoms with Crippen LogP contribution in [0.25, 0.3) is 11.0 Å². The summed E-state index contributed by atoms with van der Waals surface area (Å²) in [5.74, 6) is 0.827. The Morgan fingerprint density at radius 3 is 2.89 bits per heavy atom. The Balaban J connectivity index is 1.55. The predicted octanol–water partition coefficient (Wildman–Crippen LogP) is 3.75. The smallest absolute Gasteiger partial charge is 0.255 e. The van der Waals surface area contributed by atoms with Gasteiger partial charge in [0.25, 0.3) is 5.91 Å². The van der Waals surface area contributed by atoms with Gasteiger partial charge >= 0.3 is 0 Å². The van der Waals surface area contributed by atoms with Gasteiger partial charge in [-0.1, -0.05) is 30.3 Å². The molecule has 0 radical (unpaired) electrons. The molecular weight excluding hydrogens is 359 g/mol. The molecule has 2 aromatic carbocycles. The summed E-state index contributed by atoms with van der Waals surface area (Å²) in [4.78, 5) is 12.8. The van der Waals surface area contributed by atoms with Crippen molar-refractivity contribution in [3.05, 3.63) is 65.4 Å². The van der Waals surface area contributed by atoms with Crippen LogP contribution in [-0.4, -0.2) is 31.2 Å². The van der Waals surface area contributed by atoms with Crippen molar-refractivity contribution in [1.82, 2.24) is 10.6 Å². The summed E-state index contributed by atoms with van der Waals surface area (Å²) in [5.41, 5.74) is 2.09. The van der Waals surface area contributed by atoms with E-state index in [0.29, 0.717) is 54.2 Å². The first kappa shape index (κ1) is 18.5. The molecule has 4 rings (SSSR count). The van der Waals surface area contributed by atoms with Gasteiger partial charge in [0.05, 0.1) is 11.6 Å². The molecular formula is C22H23FN2O3. The Labute approximate surface area is 162 Å². The van der Waals surface area contributed by atoms with Gasteiger partial charge < -0.3 is 19.8 Å². The third kappa shape index (κ3) is 3.87. The number of carbonyl (C=O) groups excluding carboxylic acids is 1. The first-order chi connectivity index (χ1) is 13.6. The molecule has 1 fully saturated rings. The minimum absolute atomic E-state index is 0.326. The van der Waals surface area contributed by atoms with E-state index < -0.39 is 12.2 Å². The van der Waals surface area contributed by atoms with Crippen molar-refractivity contribution in [2.75, 3.05) is 13.1 Å². The van der Waals surface area contributed by atoms with Gasteiger partial charge in [0.1, 0.15) is 29.9 Å². The molecule has 2 unspecified atom stereocenters. The van der Waals surface area contributed by atoms with Crippen LogP contribution >= 0.6 is 0 Å². The van der Waals surface area contributed by atoms with Crippen LogP contribution in [0.3, 0.4) is 0 Å². The maximum Gasteiger partial charge on any atom is 0.255 e. The quantitative estimate of drug-likeness (QED) is 0.705. The summed E-state index contributed by atoms with van der Waals surface area (Å²) in [6.07, 6.45) is -0.651. The topological polar surface area (TPSA) is 63.5 Å². The lowest BCUT2D eigenvalue weighted by molar-refractivity contribution is 0.0892. The minimum atomic E-state index is -1.05. The fourth-order valence-electron chi connectivity index (χ4n) is 3.52. The van der Waals surface area contributed by atoms with E-state index in [1.165, 1.54) is 0 Å². The highest BCUT2D eigenvalue weighted by molar-refractivity contribution is 6.07. The molecule has 2 heterocycles. The monoisotopic (exact) mass is 382 g/mol. The van der Waals surface area contributed by atoms with E-state index in [0.717, 1.165) is 5.56 Å². The number of rotatable bonds is 5. The second kappa shape index (κ2) is 8.02. The fourth-order valence-corrected chi connectivity index (χ4v) is 3.52. The summed E-state index contributed by atoms with van der Waals surface area (Å²) in [6.45, 7) is 3.23. The summed E-state index contributed by atoms with van der Waals surface area (Å²) < 4.78 is 25.7. The van der Waals surface area contributed by atoms with Gasteiger partial charge in [-0.25, -0.2) is 4.39 Å². The van der Waals surface area contributed by atoms with E-state index in [1.807, 2.05) is 36.4 Å². The number of furan rings is 1. The van der Waals surface area contributed by atoms with Gasteiger partial charge in [-0.05, 0) is 43.7 Å². The summed E-state index contributed by atoms with van der Waals surface area (Å²) in [7, 11) is 0. The molecule has 2 N–H and O–H groups in total. The van der Waals surface area contributed by atoms with Crippen molar-refractivity contribution in [1.29, 1.82) is 0 Å². The molecule has 0 bridgehead atoms. The van der Waals surface area contributed by atoms with Gasteiger partial charge in [0, 0.05) is 11.9 Å². The van der Waals surface area contributed by atoms with Crippen molar-refractivity contribution in [3.63, 3.8) is 0 Å². The van der Waals surface area contributed by atoms with Gasteiger partial charge in [0.2, 0.25) is 0 Å². The van der Waals surface area contributed by atoms with E-state index in [9.17, 15) is 9.18 Å². The van der Waals surface area contributed by atoms with Crippen LogP contribution in [0, 0.1) is 6.92 Å². The molecule has 6 heteroatoms. The highest BCUT2D eigenvalue weighted by Crippen LogP contribution is 2.29. The van der Waals surface area contributed by atoms with Gasteiger partial charge in [-0.3, -0.25) is 4.79 Å². The molecule has 3 aromatic rings. The molecule has 1 aliphatic heterocycles. The number of alkyl halides is 1. The molecule has 2 atom stereocenters. The number of ether oxygens (including phenoxy) is 1. The molecule has 0 saturated carbocycles. The van der Waals surface area contributed by atoms with Crippen molar-refractivity contribution >= 4 is 16.9 Å². The molecule has 1 aliphatic rings. The van der Waals surface area contributed by atoms with E-state index in [4.69, 9.17) is 9.15 Å². The Hall–Kier alpha value is -2.86. The second-order valence-corrected chi connectivity index (χ2v) is 7.05. The molecule has 1 aromatic heterocycles. The Morgan fingerprint density at radius 2 is 2.11 bits per heavy atom. The molecule has 28 heavy (non-hydrogen) atoms. The van der Waals surface area contributed by atoms with Crippen molar-refractivity contribution in [2.24, 2.45) is 0 Å². The number of fused-ring (bicyclic) bond motifs is 1. The maximum atomic E-state index is 14.1. The van der Waals surface area contributed by atoms with Crippen molar-refractivity contribution < 1.29 is 18.3 Å². The fraction of sp³-hybridized carbons (Fsp3) is 0.318. The second-order valence-electron chi connectivity index (χ2n) is 7.05. The standard InChI is InChI=1S/C22H23FN2O3/c1-14-21(22(26)25-19-12-24-10-9-18(19)23)17-11-16(7-8-20(17)28-14)27-13-15-5-3-2-4-6-15/h2-8,11,18-19,24H,9-10,12-13H2,1H3,(H,25,26). The first-order valence-corrected chi connectivity index (χ1v) is 9.47. The minimum Gasteiger partial charge on any atom is -0.489 e. The van der Waals surface area contributed by atoms with Crippen LogP contribution in [0.1, 0.15) is 28.1 Å². The normalized spacial score (nSPS) is 19.5. The van der Waals surface area contributed by atoms with Crippen molar-refractivity contribution in [3.8, 4) is 5.75 Å². The van der Waals surface area contributed by atoms with Crippen LogP contribution in [-0.2, 0) is 6.61 Å². The number of halogens is 1. The number of aryl methyl sites for hydroxylation is 1. The van der Waals surface area contributed by atoms with Crippen LogP contribution in [0.2, 0.25) is 0 Å². The zero-order valence-electron chi connectivity index (χ0n) is 15.7. The number of hydrogen-bond acceptors (Lipinski definition) is 4. The van der Waals surface area contributed by atoms with Crippen molar-refractivity contribution in [2.45, 2.75) is 32.2 Å². The van der Waals surface area contributed by atoms with E-state index in [-0.39, 0.29) is 5.91 Å². The number of benzene rings is 2. The lowest BCUT2D eigenvalue weighted by Crippen LogP contribution is -2.52.